The number of carbonyl (C=O) groups is 2. The number of hydrogen-bond acceptors (Lipinski definition) is 5. The van der Waals surface area contributed by atoms with Crippen molar-refractivity contribution in [2.24, 2.45) is 5.73 Å². The summed E-state index contributed by atoms with van der Waals surface area (Å²) in [6.45, 7) is 3.92. The Morgan fingerprint density at radius 3 is 2.38 bits per heavy atom. The van der Waals surface area contributed by atoms with Crippen molar-refractivity contribution in [2.45, 2.75) is 45.4 Å². The van der Waals surface area contributed by atoms with E-state index >= 15 is 0 Å². The standard InChI is InChI=1S/C30H31F3N4O3/c1-3-18-5-4-6-19(9-18)15-35-16-27(25(34)12-20-10-22(32)13-23(33)11-20)40-30(39)29-28(36-17(2)38)24-14-21(31)7-8-26(24)37-29/h4-11,13-14,25,27,35,37H,3,12,15-16,34H2,1-2H3,(H,36,38)/t25-,27+/m0/s1. The summed E-state index contributed by atoms with van der Waals surface area (Å²) >= 11 is 0. The van der Waals surface area contributed by atoms with E-state index in [4.69, 9.17) is 10.5 Å². The highest BCUT2D eigenvalue weighted by Gasteiger charge is 2.27. The number of H-pyrrole nitrogens is 1. The first-order valence-electron chi connectivity index (χ1n) is 12.9. The first-order valence-corrected chi connectivity index (χ1v) is 12.9. The van der Waals surface area contributed by atoms with Crippen molar-refractivity contribution >= 4 is 28.5 Å². The number of nitrogens with one attached hydrogen (secondary N) is 3. The largest absolute Gasteiger partial charge is 0.455 e. The predicted octanol–water partition coefficient (Wildman–Crippen LogP) is 4.99. The van der Waals surface area contributed by atoms with Crippen molar-refractivity contribution in [3.8, 4) is 0 Å². The van der Waals surface area contributed by atoms with E-state index in [9.17, 15) is 22.8 Å². The lowest BCUT2D eigenvalue weighted by atomic mass is 10.0. The highest BCUT2D eigenvalue weighted by molar-refractivity contribution is 6.10. The molecule has 0 bridgehead atoms. The molecule has 40 heavy (non-hydrogen) atoms. The monoisotopic (exact) mass is 552 g/mol. The molecule has 0 saturated heterocycles. The van der Waals surface area contributed by atoms with E-state index < -0.39 is 41.5 Å². The zero-order valence-electron chi connectivity index (χ0n) is 22.2. The normalized spacial score (nSPS) is 12.8. The molecule has 3 aromatic carbocycles. The number of rotatable bonds is 11. The van der Waals surface area contributed by atoms with Crippen molar-refractivity contribution < 1.29 is 27.5 Å². The molecule has 0 fully saturated rings. The second kappa shape index (κ2) is 12.8. The Morgan fingerprint density at radius 2 is 1.68 bits per heavy atom. The molecule has 0 aliphatic heterocycles. The number of fused-ring (bicyclic) bond motifs is 1. The number of benzene rings is 3. The lowest BCUT2D eigenvalue weighted by Gasteiger charge is -2.25. The molecule has 0 aliphatic rings. The molecule has 4 aromatic rings. The Bertz CT molecular complexity index is 1500. The highest BCUT2D eigenvalue weighted by Crippen LogP contribution is 2.29. The van der Waals surface area contributed by atoms with Crippen LogP contribution in [-0.2, 0) is 28.9 Å². The van der Waals surface area contributed by atoms with Gasteiger partial charge in [0.2, 0.25) is 5.91 Å². The number of carbonyl (C=O) groups excluding carboxylic acids is 2. The highest BCUT2D eigenvalue weighted by atomic mass is 19.1. The van der Waals surface area contributed by atoms with E-state index in [1.807, 2.05) is 18.2 Å². The summed E-state index contributed by atoms with van der Waals surface area (Å²) < 4.78 is 47.4. The van der Waals surface area contributed by atoms with E-state index in [-0.39, 0.29) is 24.3 Å². The average Bonchev–Trinajstić information content (AvgIpc) is 3.24. The van der Waals surface area contributed by atoms with Gasteiger partial charge in [0.1, 0.15) is 29.2 Å². The van der Waals surface area contributed by atoms with Crippen molar-refractivity contribution in [1.82, 2.24) is 10.3 Å². The van der Waals surface area contributed by atoms with Crippen molar-refractivity contribution in [2.75, 3.05) is 11.9 Å². The molecule has 7 nitrogen and oxygen atoms in total. The average molecular weight is 553 g/mol. The first-order chi connectivity index (χ1) is 19.1. The minimum Gasteiger partial charge on any atom is -0.455 e. The van der Waals surface area contributed by atoms with Crippen LogP contribution in [0.4, 0.5) is 18.9 Å². The molecule has 1 amide bonds. The van der Waals surface area contributed by atoms with Gasteiger partial charge in [0.15, 0.2) is 0 Å². The molecular formula is C30H31F3N4O3. The van der Waals surface area contributed by atoms with Crippen LogP contribution in [0.15, 0.2) is 60.7 Å². The quantitative estimate of drug-likeness (QED) is 0.196. The Hall–Kier alpha value is -4.15. The Morgan fingerprint density at radius 1 is 0.950 bits per heavy atom. The molecule has 0 saturated carbocycles. The maximum Gasteiger partial charge on any atom is 0.357 e. The van der Waals surface area contributed by atoms with Gasteiger partial charge in [-0.2, -0.15) is 0 Å². The zero-order chi connectivity index (χ0) is 28.8. The van der Waals surface area contributed by atoms with E-state index in [0.717, 1.165) is 18.1 Å². The molecule has 0 radical (unpaired) electrons. The van der Waals surface area contributed by atoms with E-state index in [0.29, 0.717) is 23.0 Å². The van der Waals surface area contributed by atoms with Crippen LogP contribution in [0.25, 0.3) is 10.9 Å². The smallest absolute Gasteiger partial charge is 0.357 e. The van der Waals surface area contributed by atoms with Gasteiger partial charge in [0, 0.05) is 43.0 Å². The molecule has 0 aliphatic carbocycles. The van der Waals surface area contributed by atoms with Crippen LogP contribution >= 0.6 is 0 Å². The van der Waals surface area contributed by atoms with Crippen LogP contribution < -0.4 is 16.4 Å². The van der Waals surface area contributed by atoms with Crippen LogP contribution in [0.1, 0.15) is 41.0 Å². The summed E-state index contributed by atoms with van der Waals surface area (Å²) in [6, 6.07) is 14.1. The van der Waals surface area contributed by atoms with Crippen molar-refractivity contribution in [3.63, 3.8) is 0 Å². The number of aryl methyl sites for hydroxylation is 1. The molecular weight excluding hydrogens is 521 g/mol. The van der Waals surface area contributed by atoms with E-state index in [2.05, 4.69) is 28.6 Å². The van der Waals surface area contributed by atoms with Gasteiger partial charge in [-0.25, -0.2) is 18.0 Å². The second-order valence-electron chi connectivity index (χ2n) is 9.64. The Balaban J connectivity index is 1.58. The number of aromatic amines is 1. The van der Waals surface area contributed by atoms with Crippen LogP contribution in [0.5, 0.6) is 0 Å². The SMILES string of the molecule is CCc1cccc(CNC[C@@H](OC(=O)c2[nH]c3ccc(F)cc3c2NC(C)=O)[C@@H](N)Cc2cc(F)cc(F)c2)c1. The number of aromatic nitrogens is 1. The fraction of sp³-hybridized carbons (Fsp3) is 0.267. The van der Waals surface area contributed by atoms with Gasteiger partial charge in [0.05, 0.1) is 5.69 Å². The predicted molar refractivity (Wildman–Crippen MR) is 147 cm³/mol. The third-order valence-corrected chi connectivity index (χ3v) is 6.47. The molecule has 1 aromatic heterocycles. The number of amides is 1. The Kier molecular flexibility index (Phi) is 9.23. The molecule has 5 N–H and O–H groups in total. The van der Waals surface area contributed by atoms with E-state index in [1.165, 1.54) is 42.8 Å². The molecule has 0 spiro atoms. The summed E-state index contributed by atoms with van der Waals surface area (Å²) in [6.07, 6.45) is -0.0221. The molecule has 2 atom stereocenters. The van der Waals surface area contributed by atoms with Crippen molar-refractivity contribution in [1.29, 1.82) is 0 Å². The van der Waals surface area contributed by atoms with Crippen LogP contribution in [0.2, 0.25) is 0 Å². The number of ether oxygens (including phenoxy) is 1. The maximum absolute atomic E-state index is 14.0. The van der Waals surface area contributed by atoms with Gasteiger partial charge < -0.3 is 26.1 Å². The summed E-state index contributed by atoms with van der Waals surface area (Å²) in [5, 5.41) is 6.11. The minimum absolute atomic E-state index is 0.0239. The summed E-state index contributed by atoms with van der Waals surface area (Å²) in [7, 11) is 0. The number of halogens is 3. The number of nitrogens with two attached hydrogens (primary N) is 1. The fourth-order valence-corrected chi connectivity index (χ4v) is 4.55. The number of hydrogen-bond donors (Lipinski definition) is 4. The van der Waals surface area contributed by atoms with Gasteiger partial charge in [0.25, 0.3) is 0 Å². The molecule has 10 heteroatoms. The van der Waals surface area contributed by atoms with Gasteiger partial charge in [-0.15, -0.1) is 0 Å². The molecule has 4 rings (SSSR count). The number of anilines is 1. The van der Waals surface area contributed by atoms with Crippen molar-refractivity contribution in [3.05, 3.63) is 100 Å². The zero-order valence-corrected chi connectivity index (χ0v) is 22.2. The van der Waals surface area contributed by atoms with Gasteiger partial charge in [-0.1, -0.05) is 31.2 Å². The van der Waals surface area contributed by atoms with E-state index in [1.54, 1.807) is 0 Å². The fourth-order valence-electron chi connectivity index (χ4n) is 4.55. The first kappa shape index (κ1) is 28.8. The van der Waals surface area contributed by atoms with Crippen LogP contribution in [-0.4, -0.2) is 35.6 Å². The molecule has 210 valence electrons. The van der Waals surface area contributed by atoms with Gasteiger partial charge in [-0.3, -0.25) is 4.79 Å². The second-order valence-corrected chi connectivity index (χ2v) is 9.64. The van der Waals surface area contributed by atoms with Crippen LogP contribution in [0.3, 0.4) is 0 Å². The topological polar surface area (TPSA) is 109 Å². The Labute approximate surface area is 229 Å². The lowest BCUT2D eigenvalue weighted by molar-refractivity contribution is -0.114. The maximum atomic E-state index is 14.0. The summed E-state index contributed by atoms with van der Waals surface area (Å²) in [5.74, 6) is -3.32. The molecule has 1 heterocycles. The number of esters is 1. The lowest BCUT2D eigenvalue weighted by Crippen LogP contribution is -2.46. The third kappa shape index (κ3) is 7.28. The summed E-state index contributed by atoms with van der Waals surface area (Å²) in [4.78, 5) is 28.1. The minimum atomic E-state index is -0.929. The molecule has 0 unspecified atom stereocenters. The van der Waals surface area contributed by atoms with Gasteiger partial charge >= 0.3 is 5.97 Å². The van der Waals surface area contributed by atoms with Crippen LogP contribution in [0, 0.1) is 17.5 Å². The third-order valence-electron chi connectivity index (χ3n) is 6.47. The van der Waals surface area contributed by atoms with Gasteiger partial charge in [-0.05, 0) is 59.9 Å². The summed E-state index contributed by atoms with van der Waals surface area (Å²) in [5.41, 5.74) is 9.34.